The Labute approximate surface area is 182 Å². The molecule has 2 N–H and O–H groups in total. The molecule has 160 valence electrons. The maximum Gasteiger partial charge on any atom is 0.416 e. The predicted molar refractivity (Wildman–Crippen MR) is 118 cm³/mol. The minimum absolute atomic E-state index is 0. The molecule has 0 saturated carbocycles. The molecule has 0 spiro atoms. The van der Waals surface area contributed by atoms with E-state index in [0.717, 1.165) is 57.8 Å². The topological polar surface area (TPSA) is 42.9 Å². The minimum Gasteiger partial charge on any atom is -0.356 e. The average molecular weight is 513 g/mol. The third-order valence-electron chi connectivity index (χ3n) is 4.69. The maximum absolute atomic E-state index is 12.8. The molecule has 1 aliphatic heterocycles. The Hall–Kier alpha value is -1.07. The van der Waals surface area contributed by atoms with Gasteiger partial charge in [0.2, 0.25) is 0 Å². The van der Waals surface area contributed by atoms with E-state index >= 15 is 0 Å². The van der Waals surface area contributed by atoms with Gasteiger partial charge in [0, 0.05) is 33.2 Å². The van der Waals surface area contributed by atoms with Crippen molar-refractivity contribution in [1.82, 2.24) is 20.4 Å². The summed E-state index contributed by atoms with van der Waals surface area (Å²) in [6.45, 7) is 6.59. The van der Waals surface area contributed by atoms with Crippen molar-refractivity contribution < 1.29 is 13.2 Å². The highest BCUT2D eigenvalue weighted by Gasteiger charge is 2.30. The number of guanidine groups is 1. The fourth-order valence-corrected chi connectivity index (χ4v) is 3.10. The summed E-state index contributed by atoms with van der Waals surface area (Å²) in [6, 6.07) is 5.34. The average Bonchev–Trinajstić information content (AvgIpc) is 2.85. The fraction of sp³-hybridized carbons (Fsp3) is 0.632. The Bertz CT molecular complexity index is 609. The van der Waals surface area contributed by atoms with Crippen LogP contribution in [0.4, 0.5) is 13.2 Å². The van der Waals surface area contributed by atoms with Gasteiger partial charge < -0.3 is 20.4 Å². The van der Waals surface area contributed by atoms with Crippen molar-refractivity contribution in [3.63, 3.8) is 0 Å². The van der Waals surface area contributed by atoms with Crippen LogP contribution in [0.25, 0.3) is 0 Å². The van der Waals surface area contributed by atoms with E-state index in [-0.39, 0.29) is 24.0 Å². The van der Waals surface area contributed by atoms with Crippen LogP contribution in [0.5, 0.6) is 0 Å². The number of halogens is 4. The summed E-state index contributed by atoms with van der Waals surface area (Å²) in [5, 5.41) is 6.30. The molecule has 1 fully saturated rings. The highest BCUT2D eigenvalue weighted by molar-refractivity contribution is 14.0. The molecule has 28 heavy (non-hydrogen) atoms. The van der Waals surface area contributed by atoms with E-state index in [9.17, 15) is 13.2 Å². The van der Waals surface area contributed by atoms with Gasteiger partial charge in [-0.25, -0.2) is 0 Å². The first-order valence-electron chi connectivity index (χ1n) is 9.40. The first-order chi connectivity index (χ1) is 12.9. The van der Waals surface area contributed by atoms with Crippen LogP contribution in [-0.2, 0) is 12.7 Å². The van der Waals surface area contributed by atoms with E-state index in [1.807, 2.05) is 0 Å². The van der Waals surface area contributed by atoms with Crippen molar-refractivity contribution >= 4 is 29.9 Å². The Morgan fingerprint density at radius 2 is 1.93 bits per heavy atom. The van der Waals surface area contributed by atoms with Gasteiger partial charge >= 0.3 is 6.18 Å². The van der Waals surface area contributed by atoms with Gasteiger partial charge in [-0.15, -0.1) is 24.0 Å². The van der Waals surface area contributed by atoms with Gasteiger partial charge in [0.15, 0.2) is 5.96 Å². The molecule has 0 aromatic heterocycles. The van der Waals surface area contributed by atoms with Crippen LogP contribution in [0.1, 0.15) is 24.0 Å². The van der Waals surface area contributed by atoms with E-state index in [1.165, 1.54) is 12.5 Å². The standard InChI is InChI=1S/C19H30F3N5.HI/c1-23-18(24-8-4-10-27-11-5-9-26(2)12-13-27)25-15-16-6-3-7-17(14-16)19(20,21)22;/h3,6-7,14H,4-5,8-13,15H2,1-2H3,(H2,23,24,25);1H. The van der Waals surface area contributed by atoms with Crippen LogP contribution in [-0.4, -0.2) is 69.1 Å². The molecule has 0 amide bonds. The third-order valence-corrected chi connectivity index (χ3v) is 4.69. The summed E-state index contributed by atoms with van der Waals surface area (Å²) >= 11 is 0. The van der Waals surface area contributed by atoms with Crippen LogP contribution < -0.4 is 10.6 Å². The van der Waals surface area contributed by atoms with Crippen LogP contribution in [0.2, 0.25) is 0 Å². The minimum atomic E-state index is -4.32. The van der Waals surface area contributed by atoms with Crippen molar-refractivity contribution in [3.8, 4) is 0 Å². The Morgan fingerprint density at radius 3 is 2.64 bits per heavy atom. The van der Waals surface area contributed by atoms with Gasteiger partial charge in [-0.3, -0.25) is 4.99 Å². The molecule has 1 heterocycles. The number of hydrogen-bond acceptors (Lipinski definition) is 3. The lowest BCUT2D eigenvalue weighted by molar-refractivity contribution is -0.137. The Kier molecular flexibility index (Phi) is 11.1. The summed E-state index contributed by atoms with van der Waals surface area (Å²) in [6.07, 6.45) is -2.13. The Morgan fingerprint density at radius 1 is 1.14 bits per heavy atom. The molecule has 0 unspecified atom stereocenters. The van der Waals surface area contributed by atoms with Crippen LogP contribution in [0, 0.1) is 0 Å². The fourth-order valence-electron chi connectivity index (χ4n) is 3.10. The van der Waals surface area contributed by atoms with Gasteiger partial charge in [0.1, 0.15) is 0 Å². The number of nitrogens with zero attached hydrogens (tertiary/aromatic N) is 3. The van der Waals surface area contributed by atoms with Crippen LogP contribution >= 0.6 is 24.0 Å². The van der Waals surface area contributed by atoms with Crippen molar-refractivity contribution in [3.05, 3.63) is 35.4 Å². The van der Waals surface area contributed by atoms with E-state index < -0.39 is 11.7 Å². The summed E-state index contributed by atoms with van der Waals surface area (Å²) in [5.74, 6) is 0.600. The van der Waals surface area contributed by atoms with Crippen molar-refractivity contribution in [2.24, 2.45) is 4.99 Å². The molecular formula is C19H31F3IN5. The summed E-state index contributed by atoms with van der Waals surface area (Å²) in [4.78, 5) is 8.97. The smallest absolute Gasteiger partial charge is 0.356 e. The van der Waals surface area contributed by atoms with Crippen LogP contribution in [0.15, 0.2) is 29.3 Å². The molecule has 2 rings (SSSR count). The van der Waals surface area contributed by atoms with Crippen molar-refractivity contribution in [2.75, 3.05) is 53.4 Å². The number of aliphatic imine (C=N–C) groups is 1. The van der Waals surface area contributed by atoms with Gasteiger partial charge in [0.25, 0.3) is 0 Å². The predicted octanol–water partition coefficient (Wildman–Crippen LogP) is 3.02. The second-order valence-electron chi connectivity index (χ2n) is 6.90. The molecule has 5 nitrogen and oxygen atoms in total. The maximum atomic E-state index is 12.8. The molecule has 9 heteroatoms. The molecule has 0 atom stereocenters. The molecular weight excluding hydrogens is 482 g/mol. The van der Waals surface area contributed by atoms with Crippen molar-refractivity contribution in [2.45, 2.75) is 25.6 Å². The zero-order chi connectivity index (χ0) is 19.7. The summed E-state index contributed by atoms with van der Waals surface area (Å²) in [7, 11) is 3.82. The number of rotatable bonds is 6. The SMILES string of the molecule is CN=C(NCCCN1CCCN(C)CC1)NCc1cccc(C(F)(F)F)c1.I. The van der Waals surface area contributed by atoms with E-state index in [0.29, 0.717) is 18.1 Å². The van der Waals surface area contributed by atoms with E-state index in [2.05, 4.69) is 32.5 Å². The first kappa shape index (κ1) is 25.0. The normalized spacial score (nSPS) is 17.0. The molecule has 1 aromatic carbocycles. The number of alkyl halides is 3. The second kappa shape index (κ2) is 12.5. The van der Waals surface area contributed by atoms with E-state index in [1.54, 1.807) is 13.1 Å². The third kappa shape index (κ3) is 8.95. The summed E-state index contributed by atoms with van der Waals surface area (Å²) in [5.41, 5.74) is -0.0608. The number of nitrogens with one attached hydrogen (secondary N) is 2. The molecule has 1 aromatic rings. The van der Waals surface area contributed by atoms with Gasteiger partial charge in [0.05, 0.1) is 5.56 Å². The first-order valence-corrected chi connectivity index (χ1v) is 9.40. The highest BCUT2D eigenvalue weighted by Crippen LogP contribution is 2.29. The van der Waals surface area contributed by atoms with Crippen LogP contribution in [0.3, 0.4) is 0 Å². The lowest BCUT2D eigenvalue weighted by Crippen LogP contribution is -2.38. The second-order valence-corrected chi connectivity index (χ2v) is 6.90. The number of likely N-dealkylation sites (N-methyl/N-ethyl adjacent to an activating group) is 1. The van der Waals surface area contributed by atoms with E-state index in [4.69, 9.17) is 0 Å². The lowest BCUT2D eigenvalue weighted by atomic mass is 10.1. The zero-order valence-electron chi connectivity index (χ0n) is 16.6. The lowest BCUT2D eigenvalue weighted by Gasteiger charge is -2.20. The number of hydrogen-bond donors (Lipinski definition) is 2. The van der Waals surface area contributed by atoms with Crippen molar-refractivity contribution in [1.29, 1.82) is 0 Å². The van der Waals surface area contributed by atoms with Gasteiger partial charge in [-0.2, -0.15) is 13.2 Å². The molecule has 0 aliphatic carbocycles. The monoisotopic (exact) mass is 513 g/mol. The number of benzene rings is 1. The molecule has 1 aliphatic rings. The Balaban J connectivity index is 0.00000392. The highest BCUT2D eigenvalue weighted by atomic mass is 127. The zero-order valence-corrected chi connectivity index (χ0v) is 18.9. The quantitative estimate of drug-likeness (QED) is 0.266. The van der Waals surface area contributed by atoms with Gasteiger partial charge in [-0.05, 0) is 57.2 Å². The molecule has 1 saturated heterocycles. The summed E-state index contributed by atoms with van der Waals surface area (Å²) < 4.78 is 38.3. The molecule has 0 bridgehead atoms. The van der Waals surface area contributed by atoms with Gasteiger partial charge in [-0.1, -0.05) is 12.1 Å². The largest absolute Gasteiger partial charge is 0.416 e. The molecule has 0 radical (unpaired) electrons.